The topological polar surface area (TPSA) is 68.0 Å². The van der Waals surface area contributed by atoms with E-state index in [0.29, 0.717) is 24.4 Å². The van der Waals surface area contributed by atoms with Crippen LogP contribution in [-0.4, -0.2) is 22.6 Å². The van der Waals surface area contributed by atoms with E-state index in [1.165, 1.54) is 6.39 Å². The number of hydrogen-bond acceptors (Lipinski definition) is 4. The van der Waals surface area contributed by atoms with Crippen molar-refractivity contribution in [1.29, 1.82) is 0 Å². The van der Waals surface area contributed by atoms with Crippen molar-refractivity contribution in [3.05, 3.63) is 48.2 Å². The van der Waals surface area contributed by atoms with Crippen molar-refractivity contribution in [2.75, 3.05) is 6.54 Å². The van der Waals surface area contributed by atoms with Crippen LogP contribution >= 0.6 is 0 Å². The highest BCUT2D eigenvalue weighted by molar-refractivity contribution is 5.94. The lowest BCUT2D eigenvalue weighted by Crippen LogP contribution is -2.25. The van der Waals surface area contributed by atoms with Crippen molar-refractivity contribution in [2.24, 2.45) is 0 Å². The summed E-state index contributed by atoms with van der Waals surface area (Å²) in [6.07, 6.45) is 1.81. The highest BCUT2D eigenvalue weighted by Crippen LogP contribution is 1.98. The van der Waals surface area contributed by atoms with Gasteiger partial charge in [0.25, 0.3) is 5.91 Å². The standard InChI is InChI=1S/C11H11N3O2/c15-11(9-4-2-1-3-5-9)12-7-6-10-14-13-8-16-10/h1-5,8H,6-7H2,(H,12,15). The molecule has 5 heteroatoms. The van der Waals surface area contributed by atoms with Gasteiger partial charge in [0.1, 0.15) is 0 Å². The fourth-order valence-corrected chi connectivity index (χ4v) is 1.28. The normalized spacial score (nSPS) is 10.0. The van der Waals surface area contributed by atoms with Crippen LogP contribution in [0.15, 0.2) is 41.1 Å². The number of nitrogens with zero attached hydrogens (tertiary/aromatic N) is 2. The minimum atomic E-state index is -0.0971. The van der Waals surface area contributed by atoms with Crippen molar-refractivity contribution in [1.82, 2.24) is 15.5 Å². The van der Waals surface area contributed by atoms with Crippen LogP contribution in [0.1, 0.15) is 16.2 Å². The molecular formula is C11H11N3O2. The quantitative estimate of drug-likeness (QED) is 0.830. The third kappa shape index (κ3) is 2.66. The molecule has 1 amide bonds. The first-order valence-electron chi connectivity index (χ1n) is 4.94. The zero-order valence-electron chi connectivity index (χ0n) is 8.59. The molecule has 0 aliphatic heterocycles. The molecule has 1 aromatic carbocycles. The molecule has 0 fully saturated rings. The van der Waals surface area contributed by atoms with E-state index in [2.05, 4.69) is 15.5 Å². The second-order valence-electron chi connectivity index (χ2n) is 3.20. The fraction of sp³-hybridized carbons (Fsp3) is 0.182. The van der Waals surface area contributed by atoms with Gasteiger partial charge >= 0.3 is 0 Å². The molecule has 1 aromatic heterocycles. The molecule has 0 radical (unpaired) electrons. The molecule has 16 heavy (non-hydrogen) atoms. The lowest BCUT2D eigenvalue weighted by Gasteiger charge is -2.02. The summed E-state index contributed by atoms with van der Waals surface area (Å²) in [6.45, 7) is 0.482. The van der Waals surface area contributed by atoms with Gasteiger partial charge in [-0.05, 0) is 12.1 Å². The van der Waals surface area contributed by atoms with Gasteiger partial charge in [0.2, 0.25) is 12.3 Å². The predicted octanol–water partition coefficient (Wildman–Crippen LogP) is 1.04. The van der Waals surface area contributed by atoms with Crippen molar-refractivity contribution in [3.8, 4) is 0 Å². The molecule has 0 saturated carbocycles. The van der Waals surface area contributed by atoms with Crippen LogP contribution in [0, 0.1) is 0 Å². The van der Waals surface area contributed by atoms with Crippen LogP contribution in [0.5, 0.6) is 0 Å². The predicted molar refractivity (Wildman–Crippen MR) is 56.8 cm³/mol. The molecular weight excluding hydrogens is 206 g/mol. The molecule has 1 heterocycles. The van der Waals surface area contributed by atoms with E-state index in [0.717, 1.165) is 0 Å². The number of nitrogens with one attached hydrogen (secondary N) is 1. The van der Waals surface area contributed by atoms with Crippen LogP contribution in [-0.2, 0) is 6.42 Å². The summed E-state index contributed by atoms with van der Waals surface area (Å²) < 4.78 is 4.95. The third-order valence-electron chi connectivity index (χ3n) is 2.07. The molecule has 1 N–H and O–H groups in total. The maximum atomic E-state index is 11.6. The van der Waals surface area contributed by atoms with E-state index in [1.54, 1.807) is 12.1 Å². The van der Waals surface area contributed by atoms with E-state index < -0.39 is 0 Å². The summed E-state index contributed by atoms with van der Waals surface area (Å²) in [7, 11) is 0. The average molecular weight is 217 g/mol. The molecule has 0 unspecified atom stereocenters. The summed E-state index contributed by atoms with van der Waals surface area (Å²) in [5.41, 5.74) is 0.646. The van der Waals surface area contributed by atoms with Gasteiger partial charge in [-0.15, -0.1) is 10.2 Å². The van der Waals surface area contributed by atoms with Gasteiger partial charge in [0.05, 0.1) is 0 Å². The Kier molecular flexibility index (Phi) is 3.28. The van der Waals surface area contributed by atoms with Gasteiger partial charge in [0, 0.05) is 18.5 Å². The van der Waals surface area contributed by atoms with Gasteiger partial charge in [-0.1, -0.05) is 18.2 Å². The maximum Gasteiger partial charge on any atom is 0.251 e. The van der Waals surface area contributed by atoms with Crippen LogP contribution in [0.3, 0.4) is 0 Å². The molecule has 0 aliphatic carbocycles. The van der Waals surface area contributed by atoms with Gasteiger partial charge in [-0.25, -0.2) is 0 Å². The molecule has 0 saturated heterocycles. The molecule has 5 nitrogen and oxygen atoms in total. The number of hydrogen-bond donors (Lipinski definition) is 1. The number of carbonyl (C=O) groups excluding carboxylic acids is 1. The first-order valence-corrected chi connectivity index (χ1v) is 4.94. The third-order valence-corrected chi connectivity index (χ3v) is 2.07. The SMILES string of the molecule is O=C(NCCc1nnco1)c1ccccc1. The molecule has 0 bridgehead atoms. The zero-order chi connectivity index (χ0) is 11.2. The van der Waals surface area contributed by atoms with Crippen LogP contribution in [0.2, 0.25) is 0 Å². The highest BCUT2D eigenvalue weighted by Gasteiger charge is 2.04. The van der Waals surface area contributed by atoms with Crippen LogP contribution < -0.4 is 5.32 Å². The monoisotopic (exact) mass is 217 g/mol. The molecule has 2 aromatic rings. The van der Waals surface area contributed by atoms with Crippen molar-refractivity contribution < 1.29 is 9.21 Å². The lowest BCUT2D eigenvalue weighted by molar-refractivity contribution is 0.0953. The summed E-state index contributed by atoms with van der Waals surface area (Å²) in [4.78, 5) is 11.6. The van der Waals surface area contributed by atoms with Crippen LogP contribution in [0.4, 0.5) is 0 Å². The smallest absolute Gasteiger partial charge is 0.251 e. The number of carbonyl (C=O) groups is 1. The molecule has 0 atom stereocenters. The van der Waals surface area contributed by atoms with Crippen molar-refractivity contribution >= 4 is 5.91 Å². The minimum absolute atomic E-state index is 0.0971. The Hall–Kier alpha value is -2.17. The first-order chi connectivity index (χ1) is 7.86. The zero-order valence-corrected chi connectivity index (χ0v) is 8.59. The first kappa shape index (κ1) is 10.4. The minimum Gasteiger partial charge on any atom is -0.428 e. The largest absolute Gasteiger partial charge is 0.428 e. The summed E-state index contributed by atoms with van der Waals surface area (Å²) >= 11 is 0. The van der Waals surface area contributed by atoms with Gasteiger partial charge in [-0.3, -0.25) is 4.79 Å². The van der Waals surface area contributed by atoms with Crippen LogP contribution in [0.25, 0.3) is 0 Å². The van der Waals surface area contributed by atoms with Gasteiger partial charge in [-0.2, -0.15) is 0 Å². The average Bonchev–Trinajstić information content (AvgIpc) is 2.83. The Labute approximate surface area is 92.5 Å². The number of rotatable bonds is 4. The Morgan fingerprint density at radius 3 is 2.81 bits per heavy atom. The Morgan fingerprint density at radius 1 is 1.31 bits per heavy atom. The maximum absolute atomic E-state index is 11.6. The second kappa shape index (κ2) is 5.06. The fourth-order valence-electron chi connectivity index (χ4n) is 1.28. The molecule has 0 spiro atoms. The van der Waals surface area contributed by atoms with E-state index in [-0.39, 0.29) is 5.91 Å². The van der Waals surface area contributed by atoms with E-state index in [1.807, 2.05) is 18.2 Å². The van der Waals surface area contributed by atoms with Gasteiger partial charge in [0.15, 0.2) is 0 Å². The summed E-state index contributed by atoms with van der Waals surface area (Å²) in [5.74, 6) is 0.425. The second-order valence-corrected chi connectivity index (χ2v) is 3.20. The molecule has 82 valence electrons. The van der Waals surface area contributed by atoms with E-state index >= 15 is 0 Å². The highest BCUT2D eigenvalue weighted by atomic mass is 16.4. The van der Waals surface area contributed by atoms with E-state index in [9.17, 15) is 4.79 Å². The Morgan fingerprint density at radius 2 is 2.12 bits per heavy atom. The number of aromatic nitrogens is 2. The van der Waals surface area contributed by atoms with Crippen molar-refractivity contribution in [2.45, 2.75) is 6.42 Å². The van der Waals surface area contributed by atoms with Crippen molar-refractivity contribution in [3.63, 3.8) is 0 Å². The Bertz CT molecular complexity index is 440. The van der Waals surface area contributed by atoms with E-state index in [4.69, 9.17) is 4.42 Å². The van der Waals surface area contributed by atoms with Gasteiger partial charge < -0.3 is 9.73 Å². The molecule has 2 rings (SSSR count). The lowest BCUT2D eigenvalue weighted by atomic mass is 10.2. The number of amides is 1. The Balaban J connectivity index is 1.81. The number of benzene rings is 1. The summed E-state index contributed by atoms with van der Waals surface area (Å²) in [6, 6.07) is 9.05. The summed E-state index contributed by atoms with van der Waals surface area (Å²) in [5, 5.41) is 10.0. The molecule has 0 aliphatic rings.